The average Bonchev–Trinajstić information content (AvgIpc) is 2.29. The summed E-state index contributed by atoms with van der Waals surface area (Å²) in [6, 6.07) is 4.72. The van der Waals surface area contributed by atoms with Crippen molar-refractivity contribution in [2.45, 2.75) is 6.18 Å². The highest BCUT2D eigenvalue weighted by molar-refractivity contribution is 14.1. The van der Waals surface area contributed by atoms with E-state index in [0.29, 0.717) is 14.3 Å². The number of benzene rings is 1. The summed E-state index contributed by atoms with van der Waals surface area (Å²) in [5.74, 6) is -2.95. The Bertz CT molecular complexity index is 482. The van der Waals surface area contributed by atoms with Crippen molar-refractivity contribution in [3.8, 4) is 0 Å². The molecule has 1 rings (SSSR count). The first kappa shape index (κ1) is 16.2. The lowest BCUT2D eigenvalue weighted by atomic mass is 10.1. The quantitative estimate of drug-likeness (QED) is 0.236. The highest BCUT2D eigenvalue weighted by atomic mass is 127. The Balaban J connectivity index is 2.82. The highest BCUT2D eigenvalue weighted by Crippen LogP contribution is 2.28. The zero-order valence-electron chi connectivity index (χ0n) is 9.38. The number of rotatable bonds is 4. The van der Waals surface area contributed by atoms with Crippen molar-refractivity contribution in [3.05, 3.63) is 26.8 Å². The van der Waals surface area contributed by atoms with Gasteiger partial charge in [-0.1, -0.05) is 16.8 Å². The lowest BCUT2D eigenvalue weighted by molar-refractivity contribution is -0.152. The minimum atomic E-state index is -4.60. The van der Waals surface area contributed by atoms with Gasteiger partial charge in [-0.3, -0.25) is 0 Å². The van der Waals surface area contributed by atoms with Gasteiger partial charge in [-0.2, -0.15) is 13.2 Å². The molecule has 106 valence electrons. The van der Waals surface area contributed by atoms with E-state index in [1.54, 1.807) is 18.2 Å². The summed E-state index contributed by atoms with van der Waals surface area (Å²) in [7, 11) is 0. The van der Waals surface area contributed by atoms with Crippen LogP contribution >= 0.6 is 34.2 Å². The molecule has 0 spiro atoms. The lowest BCUT2D eigenvalue weighted by Crippen LogP contribution is -2.40. The lowest BCUT2D eigenvalue weighted by Gasteiger charge is -2.20. The summed E-state index contributed by atoms with van der Waals surface area (Å²) in [5, 5.41) is 13.9. The second-order valence-electron chi connectivity index (χ2n) is 3.62. The van der Waals surface area contributed by atoms with Gasteiger partial charge in [0.25, 0.3) is 0 Å². The third-order valence-corrected chi connectivity index (χ3v) is 3.42. The molecule has 0 saturated carbocycles. The predicted octanol–water partition coefficient (Wildman–Crippen LogP) is 3.28. The van der Waals surface area contributed by atoms with Gasteiger partial charge in [-0.25, -0.2) is 0 Å². The predicted molar refractivity (Wildman–Crippen MR) is 75.6 cm³/mol. The van der Waals surface area contributed by atoms with Gasteiger partial charge >= 0.3 is 6.18 Å². The molecule has 1 atom stereocenters. The molecule has 19 heavy (non-hydrogen) atoms. The molecule has 1 aromatic carbocycles. The van der Waals surface area contributed by atoms with Gasteiger partial charge in [0, 0.05) is 20.8 Å². The average molecular weight is 408 g/mol. The molecular weight excluding hydrogens is 397 g/mol. The van der Waals surface area contributed by atoms with Crippen LogP contribution < -0.4 is 11.1 Å². The molecular formula is C10H10ClF3IN3O. The standard InChI is InChI=1S/C10H10ClF3IN3O/c11-5-1-2-8(7(15)3-5)17-4-6(9(16)18-19)10(12,13)14/h1-3,6,17,19H,4H2,(H2,16,18). The van der Waals surface area contributed by atoms with E-state index in [1.807, 2.05) is 22.6 Å². The molecule has 0 saturated heterocycles. The number of anilines is 1. The van der Waals surface area contributed by atoms with Crippen molar-refractivity contribution in [1.29, 1.82) is 0 Å². The Morgan fingerprint density at radius 1 is 1.53 bits per heavy atom. The molecule has 0 aliphatic carbocycles. The number of nitrogens with zero attached hydrogens (tertiary/aromatic N) is 1. The van der Waals surface area contributed by atoms with Gasteiger partial charge in [-0.05, 0) is 40.8 Å². The number of alkyl halides is 3. The third kappa shape index (κ3) is 4.60. The van der Waals surface area contributed by atoms with Crippen LogP contribution in [0.3, 0.4) is 0 Å². The zero-order chi connectivity index (χ0) is 14.6. The third-order valence-electron chi connectivity index (χ3n) is 2.30. The van der Waals surface area contributed by atoms with Gasteiger partial charge < -0.3 is 16.3 Å². The van der Waals surface area contributed by atoms with Crippen LogP contribution in [-0.2, 0) is 0 Å². The summed E-state index contributed by atoms with van der Waals surface area (Å²) in [6.07, 6.45) is -4.60. The summed E-state index contributed by atoms with van der Waals surface area (Å²) in [6.45, 7) is -0.531. The number of oxime groups is 1. The van der Waals surface area contributed by atoms with E-state index in [4.69, 9.17) is 22.5 Å². The first-order chi connectivity index (χ1) is 8.75. The van der Waals surface area contributed by atoms with Crippen LogP contribution in [0.15, 0.2) is 23.4 Å². The van der Waals surface area contributed by atoms with Crippen molar-refractivity contribution >= 4 is 45.7 Å². The minimum absolute atomic E-state index is 0.485. The smallest absolute Gasteiger partial charge is 0.400 e. The maximum atomic E-state index is 12.7. The van der Waals surface area contributed by atoms with Gasteiger partial charge in [0.15, 0.2) is 5.84 Å². The molecule has 4 N–H and O–H groups in total. The molecule has 0 radical (unpaired) electrons. The van der Waals surface area contributed by atoms with Crippen LogP contribution in [0.4, 0.5) is 18.9 Å². The first-order valence-corrected chi connectivity index (χ1v) is 6.44. The Morgan fingerprint density at radius 2 is 2.16 bits per heavy atom. The van der Waals surface area contributed by atoms with Crippen molar-refractivity contribution in [2.24, 2.45) is 16.8 Å². The topological polar surface area (TPSA) is 70.6 Å². The molecule has 0 aromatic heterocycles. The van der Waals surface area contributed by atoms with Crippen LogP contribution in [0, 0.1) is 9.49 Å². The number of nitrogens with two attached hydrogens (primary N) is 1. The fourth-order valence-electron chi connectivity index (χ4n) is 1.30. The van der Waals surface area contributed by atoms with Gasteiger partial charge in [0.05, 0.1) is 0 Å². The first-order valence-electron chi connectivity index (χ1n) is 4.98. The molecule has 1 unspecified atom stereocenters. The molecule has 0 aliphatic rings. The molecule has 0 amide bonds. The van der Waals surface area contributed by atoms with Crippen LogP contribution in [0.1, 0.15) is 0 Å². The number of nitrogens with one attached hydrogen (secondary N) is 1. The molecule has 0 heterocycles. The number of amidine groups is 1. The second kappa shape index (κ2) is 6.51. The summed E-state index contributed by atoms with van der Waals surface area (Å²) in [4.78, 5) is 0. The summed E-state index contributed by atoms with van der Waals surface area (Å²) < 4.78 is 38.7. The number of hydrogen-bond acceptors (Lipinski definition) is 3. The molecule has 1 aromatic rings. The summed E-state index contributed by atoms with van der Waals surface area (Å²) >= 11 is 7.68. The van der Waals surface area contributed by atoms with Crippen molar-refractivity contribution in [2.75, 3.05) is 11.9 Å². The Labute approximate surface area is 125 Å². The van der Waals surface area contributed by atoms with Crippen LogP contribution in [0.25, 0.3) is 0 Å². The van der Waals surface area contributed by atoms with Crippen LogP contribution in [0.5, 0.6) is 0 Å². The number of hydrogen-bond donors (Lipinski definition) is 3. The molecule has 0 bridgehead atoms. The van der Waals surface area contributed by atoms with E-state index in [2.05, 4.69) is 10.5 Å². The van der Waals surface area contributed by atoms with E-state index in [-0.39, 0.29) is 0 Å². The minimum Gasteiger partial charge on any atom is -0.409 e. The monoisotopic (exact) mass is 407 g/mol. The maximum Gasteiger partial charge on any atom is 0.400 e. The Hall–Kier alpha value is -0.900. The second-order valence-corrected chi connectivity index (χ2v) is 5.22. The Kier molecular flexibility index (Phi) is 5.53. The van der Waals surface area contributed by atoms with Crippen molar-refractivity contribution < 1.29 is 18.4 Å². The maximum absolute atomic E-state index is 12.7. The van der Waals surface area contributed by atoms with Gasteiger partial charge in [0.2, 0.25) is 0 Å². The fourth-order valence-corrected chi connectivity index (χ4v) is 2.36. The van der Waals surface area contributed by atoms with Crippen molar-refractivity contribution in [1.82, 2.24) is 0 Å². The van der Waals surface area contributed by atoms with Crippen molar-refractivity contribution in [3.63, 3.8) is 0 Å². The molecule has 0 aliphatic heterocycles. The van der Waals surface area contributed by atoms with E-state index in [9.17, 15) is 13.2 Å². The SMILES string of the molecule is N/C(=N/O)C(CNc1ccc(Cl)cc1I)C(F)(F)F. The molecule has 0 fully saturated rings. The van der Waals surface area contributed by atoms with Gasteiger partial charge in [0.1, 0.15) is 5.92 Å². The van der Waals surface area contributed by atoms with E-state index < -0.39 is 24.5 Å². The van der Waals surface area contributed by atoms with Crippen LogP contribution in [-0.4, -0.2) is 23.8 Å². The molecule has 4 nitrogen and oxygen atoms in total. The number of halogens is 5. The van der Waals surface area contributed by atoms with Gasteiger partial charge in [-0.15, -0.1) is 0 Å². The van der Waals surface area contributed by atoms with E-state index >= 15 is 0 Å². The van der Waals surface area contributed by atoms with Crippen LogP contribution in [0.2, 0.25) is 5.02 Å². The fraction of sp³-hybridized carbons (Fsp3) is 0.300. The zero-order valence-corrected chi connectivity index (χ0v) is 12.3. The molecule has 9 heteroatoms. The highest BCUT2D eigenvalue weighted by Gasteiger charge is 2.42. The summed E-state index contributed by atoms with van der Waals surface area (Å²) in [5.41, 5.74) is 5.54. The largest absolute Gasteiger partial charge is 0.409 e. The Morgan fingerprint density at radius 3 is 2.63 bits per heavy atom. The van der Waals surface area contributed by atoms with E-state index in [0.717, 1.165) is 0 Å². The normalized spacial score (nSPS) is 14.3. The van der Waals surface area contributed by atoms with E-state index in [1.165, 1.54) is 0 Å².